The molecule has 0 aliphatic rings. The van der Waals surface area contributed by atoms with Crippen molar-refractivity contribution < 1.29 is 4.79 Å². The number of nitrogens with one attached hydrogen (secondary N) is 1. The van der Waals surface area contributed by atoms with E-state index in [2.05, 4.69) is 10.2 Å². The van der Waals surface area contributed by atoms with E-state index >= 15 is 0 Å². The van der Waals surface area contributed by atoms with Gasteiger partial charge in [0, 0.05) is 18.8 Å². The molecule has 4 nitrogen and oxygen atoms in total. The summed E-state index contributed by atoms with van der Waals surface area (Å²) in [6.07, 6.45) is 3.13. The monoisotopic (exact) mass is 277 g/mol. The highest BCUT2D eigenvalue weighted by Crippen LogP contribution is 2.30. The van der Waals surface area contributed by atoms with Gasteiger partial charge in [-0.05, 0) is 11.6 Å². The Labute approximate surface area is 123 Å². The van der Waals surface area contributed by atoms with E-state index in [0.717, 1.165) is 16.8 Å². The minimum absolute atomic E-state index is 0.0906. The second-order valence-electron chi connectivity index (χ2n) is 4.73. The molecule has 3 aromatic rings. The van der Waals surface area contributed by atoms with Gasteiger partial charge in [0.2, 0.25) is 0 Å². The lowest BCUT2D eigenvalue weighted by Gasteiger charge is -2.20. The van der Waals surface area contributed by atoms with Gasteiger partial charge in [-0.25, -0.2) is 0 Å². The van der Waals surface area contributed by atoms with Crippen LogP contribution in [0.5, 0.6) is 0 Å². The number of para-hydroxylation sites is 1. The van der Waals surface area contributed by atoms with Gasteiger partial charge in [0.1, 0.15) is 0 Å². The van der Waals surface area contributed by atoms with Gasteiger partial charge in [-0.2, -0.15) is 5.10 Å². The van der Waals surface area contributed by atoms with E-state index in [1.54, 1.807) is 18.1 Å². The molecule has 0 atom stereocenters. The Morgan fingerprint density at radius 1 is 1.05 bits per heavy atom. The third kappa shape index (κ3) is 2.56. The molecular weight excluding hydrogens is 262 g/mol. The van der Waals surface area contributed by atoms with E-state index in [4.69, 9.17) is 0 Å². The first kappa shape index (κ1) is 13.1. The molecule has 0 aliphatic carbocycles. The zero-order valence-electron chi connectivity index (χ0n) is 11.7. The maximum atomic E-state index is 12.5. The zero-order valence-corrected chi connectivity index (χ0v) is 11.7. The number of carbonyl (C=O) groups excluding carboxylic acids is 1. The molecule has 1 N–H and O–H groups in total. The molecule has 0 saturated carbocycles. The Bertz CT molecular complexity index is 736. The summed E-state index contributed by atoms with van der Waals surface area (Å²) in [5.74, 6) is -0.0906. The molecule has 0 aliphatic heterocycles. The summed E-state index contributed by atoms with van der Waals surface area (Å²) >= 11 is 0. The van der Waals surface area contributed by atoms with E-state index in [1.165, 1.54) is 6.20 Å². The lowest BCUT2D eigenvalue weighted by Crippen LogP contribution is -2.26. The molecule has 1 heterocycles. The molecule has 1 amide bonds. The van der Waals surface area contributed by atoms with E-state index in [1.807, 2.05) is 54.6 Å². The molecule has 0 spiro atoms. The van der Waals surface area contributed by atoms with Crippen LogP contribution in [0.4, 0.5) is 5.69 Å². The molecule has 0 bridgehead atoms. The van der Waals surface area contributed by atoms with Crippen LogP contribution in [-0.2, 0) is 0 Å². The molecule has 1 aromatic heterocycles. The van der Waals surface area contributed by atoms with Crippen molar-refractivity contribution in [1.29, 1.82) is 0 Å². The predicted octanol–water partition coefficient (Wildman–Crippen LogP) is 3.35. The van der Waals surface area contributed by atoms with Crippen molar-refractivity contribution in [2.24, 2.45) is 0 Å². The quantitative estimate of drug-likeness (QED) is 0.798. The Kier molecular flexibility index (Phi) is 3.51. The number of carbonyl (C=O) groups is 1. The third-order valence-corrected chi connectivity index (χ3v) is 3.40. The second-order valence-corrected chi connectivity index (χ2v) is 4.73. The Morgan fingerprint density at radius 2 is 1.76 bits per heavy atom. The Morgan fingerprint density at radius 3 is 2.48 bits per heavy atom. The van der Waals surface area contributed by atoms with Gasteiger partial charge < -0.3 is 4.90 Å². The van der Waals surface area contributed by atoms with Crippen LogP contribution in [0.15, 0.2) is 67.0 Å². The topological polar surface area (TPSA) is 49.0 Å². The maximum absolute atomic E-state index is 12.5. The number of hydrogen-bond donors (Lipinski definition) is 1. The summed E-state index contributed by atoms with van der Waals surface area (Å²) in [7, 11) is 1.77. The van der Waals surface area contributed by atoms with Crippen molar-refractivity contribution >= 4 is 11.6 Å². The highest BCUT2D eigenvalue weighted by molar-refractivity contribution is 6.07. The number of rotatable bonds is 3. The minimum Gasteiger partial charge on any atom is -0.311 e. The van der Waals surface area contributed by atoms with Crippen LogP contribution in [0.1, 0.15) is 10.4 Å². The predicted molar refractivity (Wildman–Crippen MR) is 83.2 cm³/mol. The standard InChI is InChI=1S/C17H15N3O/c1-20(17(21)14-11-18-19-12-14)16-10-6-5-9-15(16)13-7-3-2-4-8-13/h2-12H,1H3,(H,18,19). The van der Waals surface area contributed by atoms with Crippen molar-refractivity contribution in [3.63, 3.8) is 0 Å². The van der Waals surface area contributed by atoms with E-state index in [9.17, 15) is 4.79 Å². The molecule has 21 heavy (non-hydrogen) atoms. The van der Waals surface area contributed by atoms with Crippen LogP contribution in [0.3, 0.4) is 0 Å². The van der Waals surface area contributed by atoms with Gasteiger partial charge in [-0.3, -0.25) is 9.89 Å². The summed E-state index contributed by atoms with van der Waals surface area (Å²) in [6.45, 7) is 0. The average Bonchev–Trinajstić information content (AvgIpc) is 3.09. The first-order valence-electron chi connectivity index (χ1n) is 6.68. The van der Waals surface area contributed by atoms with Gasteiger partial charge in [0.25, 0.3) is 5.91 Å². The largest absolute Gasteiger partial charge is 0.311 e. The highest BCUT2D eigenvalue weighted by atomic mass is 16.2. The molecule has 2 aromatic carbocycles. The minimum atomic E-state index is -0.0906. The normalized spacial score (nSPS) is 10.3. The van der Waals surface area contributed by atoms with E-state index in [0.29, 0.717) is 5.56 Å². The van der Waals surface area contributed by atoms with Gasteiger partial charge in [-0.15, -0.1) is 0 Å². The molecule has 0 fully saturated rings. The summed E-state index contributed by atoms with van der Waals surface area (Å²) in [5, 5.41) is 6.49. The Hall–Kier alpha value is -2.88. The molecule has 0 saturated heterocycles. The van der Waals surface area contributed by atoms with Gasteiger partial charge in [0.15, 0.2) is 0 Å². The molecule has 3 rings (SSSR count). The molecule has 104 valence electrons. The number of benzene rings is 2. The first-order chi connectivity index (χ1) is 10.3. The third-order valence-electron chi connectivity index (χ3n) is 3.40. The van der Waals surface area contributed by atoms with Crippen LogP contribution in [0, 0.1) is 0 Å². The fourth-order valence-electron chi connectivity index (χ4n) is 2.30. The number of anilines is 1. The number of nitrogens with zero attached hydrogens (tertiary/aromatic N) is 2. The van der Waals surface area contributed by atoms with Crippen LogP contribution >= 0.6 is 0 Å². The maximum Gasteiger partial charge on any atom is 0.261 e. The summed E-state index contributed by atoms with van der Waals surface area (Å²) in [6, 6.07) is 17.9. The number of aromatic nitrogens is 2. The van der Waals surface area contributed by atoms with Gasteiger partial charge in [-0.1, -0.05) is 48.5 Å². The number of amides is 1. The molecular formula is C17H15N3O. The highest BCUT2D eigenvalue weighted by Gasteiger charge is 2.17. The average molecular weight is 277 g/mol. The van der Waals surface area contributed by atoms with Crippen molar-refractivity contribution in [2.45, 2.75) is 0 Å². The zero-order chi connectivity index (χ0) is 14.7. The van der Waals surface area contributed by atoms with Gasteiger partial charge in [0.05, 0.1) is 17.4 Å². The number of aromatic amines is 1. The lowest BCUT2D eigenvalue weighted by atomic mass is 10.0. The van der Waals surface area contributed by atoms with Crippen molar-refractivity contribution in [3.05, 3.63) is 72.6 Å². The van der Waals surface area contributed by atoms with Crippen LogP contribution < -0.4 is 4.90 Å². The molecule has 4 heteroatoms. The molecule has 0 unspecified atom stereocenters. The van der Waals surface area contributed by atoms with Crippen molar-refractivity contribution in [2.75, 3.05) is 11.9 Å². The van der Waals surface area contributed by atoms with Gasteiger partial charge >= 0.3 is 0 Å². The van der Waals surface area contributed by atoms with Crippen molar-refractivity contribution in [3.8, 4) is 11.1 Å². The number of hydrogen-bond acceptors (Lipinski definition) is 2. The number of H-pyrrole nitrogens is 1. The lowest BCUT2D eigenvalue weighted by molar-refractivity contribution is 0.0993. The van der Waals surface area contributed by atoms with Crippen LogP contribution in [0.2, 0.25) is 0 Å². The fourth-order valence-corrected chi connectivity index (χ4v) is 2.30. The fraction of sp³-hybridized carbons (Fsp3) is 0.0588. The summed E-state index contributed by atoms with van der Waals surface area (Å²) < 4.78 is 0. The Balaban J connectivity index is 2.01. The van der Waals surface area contributed by atoms with Crippen LogP contribution in [-0.4, -0.2) is 23.2 Å². The van der Waals surface area contributed by atoms with E-state index in [-0.39, 0.29) is 5.91 Å². The smallest absolute Gasteiger partial charge is 0.261 e. The second kappa shape index (κ2) is 5.63. The summed E-state index contributed by atoms with van der Waals surface area (Å²) in [4.78, 5) is 14.1. The van der Waals surface area contributed by atoms with E-state index < -0.39 is 0 Å². The van der Waals surface area contributed by atoms with Crippen LogP contribution in [0.25, 0.3) is 11.1 Å². The first-order valence-corrected chi connectivity index (χ1v) is 6.68. The van der Waals surface area contributed by atoms with Crippen molar-refractivity contribution in [1.82, 2.24) is 10.2 Å². The SMILES string of the molecule is CN(C(=O)c1cn[nH]c1)c1ccccc1-c1ccccc1. The summed E-state index contributed by atoms with van der Waals surface area (Å²) in [5.41, 5.74) is 3.52. The molecule has 0 radical (unpaired) electrons.